The predicted molar refractivity (Wildman–Crippen MR) is 139 cm³/mol. The average Bonchev–Trinajstić information content (AvgIpc) is 2.97. The maximum Gasteiger partial charge on any atom is 0.263 e. The van der Waals surface area contributed by atoms with E-state index in [-0.39, 0.29) is 24.5 Å². The molecule has 2 N–H and O–H groups in total. The molecule has 0 unspecified atom stereocenters. The normalized spacial score (nSPS) is 24.2. The second kappa shape index (κ2) is 10.0. The van der Waals surface area contributed by atoms with Gasteiger partial charge in [0.05, 0.1) is 42.4 Å². The lowest BCUT2D eigenvalue weighted by Gasteiger charge is -2.53. The van der Waals surface area contributed by atoms with Gasteiger partial charge in [-0.05, 0) is 43.9 Å². The Morgan fingerprint density at radius 2 is 2.03 bits per heavy atom. The van der Waals surface area contributed by atoms with Gasteiger partial charge in [0.15, 0.2) is 18.2 Å². The molecule has 4 aliphatic rings. The molecule has 3 aromatic rings. The van der Waals surface area contributed by atoms with E-state index in [2.05, 4.69) is 30.7 Å². The van der Waals surface area contributed by atoms with Crippen LogP contribution in [0.2, 0.25) is 0 Å². The van der Waals surface area contributed by atoms with Crippen LogP contribution in [-0.2, 0) is 27.3 Å². The van der Waals surface area contributed by atoms with E-state index in [9.17, 15) is 4.79 Å². The monoisotopic (exact) mass is 536 g/mol. The Morgan fingerprint density at radius 1 is 1.18 bits per heavy atom. The molecule has 1 aliphatic carbocycles. The molecule has 11 nitrogen and oxygen atoms in total. The zero-order valence-corrected chi connectivity index (χ0v) is 21.8. The number of hydrogen-bond donors (Lipinski definition) is 2. The van der Waals surface area contributed by atoms with Crippen LogP contribution in [0.25, 0.3) is 11.0 Å². The SMILES string of the molecule is CO/N=C(/Cc1c(F)cnc2ccc(OC)nc12)C12CCC(NCc3ccc4c(n3)NC(=O)CO4)(CC1)CO2. The summed E-state index contributed by atoms with van der Waals surface area (Å²) in [6.07, 6.45) is 4.46. The number of methoxy groups -OCH3 is 1. The van der Waals surface area contributed by atoms with Crippen molar-refractivity contribution >= 4 is 28.5 Å². The number of pyridine rings is 3. The van der Waals surface area contributed by atoms with Crippen molar-refractivity contribution in [3.8, 4) is 11.6 Å². The van der Waals surface area contributed by atoms with Crippen LogP contribution >= 0.6 is 0 Å². The van der Waals surface area contributed by atoms with Crippen molar-refractivity contribution in [1.82, 2.24) is 20.3 Å². The third kappa shape index (κ3) is 4.74. The number of aromatic nitrogens is 3. The van der Waals surface area contributed by atoms with E-state index < -0.39 is 11.4 Å². The smallest absolute Gasteiger partial charge is 0.263 e. The van der Waals surface area contributed by atoms with E-state index >= 15 is 4.39 Å². The summed E-state index contributed by atoms with van der Waals surface area (Å²) in [6, 6.07) is 7.16. The van der Waals surface area contributed by atoms with Crippen LogP contribution in [0.5, 0.6) is 11.6 Å². The Bertz CT molecular complexity index is 1440. The topological polar surface area (TPSA) is 129 Å². The first-order chi connectivity index (χ1) is 18.9. The fourth-order valence-electron chi connectivity index (χ4n) is 5.59. The Balaban J connectivity index is 1.18. The molecule has 3 aromatic heterocycles. The highest BCUT2D eigenvalue weighted by Crippen LogP contribution is 2.45. The molecule has 2 saturated heterocycles. The number of nitrogens with zero attached hydrogens (tertiary/aromatic N) is 4. The molecule has 39 heavy (non-hydrogen) atoms. The Labute approximate surface area is 224 Å². The van der Waals surface area contributed by atoms with E-state index in [1.54, 1.807) is 12.1 Å². The molecule has 0 radical (unpaired) electrons. The van der Waals surface area contributed by atoms with Gasteiger partial charge >= 0.3 is 0 Å². The number of fused-ring (bicyclic) bond motifs is 5. The van der Waals surface area contributed by atoms with Gasteiger partial charge in [-0.3, -0.25) is 9.78 Å². The number of anilines is 1. The minimum Gasteiger partial charge on any atom is -0.481 e. The van der Waals surface area contributed by atoms with Crippen molar-refractivity contribution in [2.45, 2.75) is 49.8 Å². The van der Waals surface area contributed by atoms with Crippen LogP contribution in [0.4, 0.5) is 10.2 Å². The van der Waals surface area contributed by atoms with Gasteiger partial charge < -0.3 is 29.7 Å². The lowest BCUT2D eigenvalue weighted by atomic mass is 9.68. The van der Waals surface area contributed by atoms with Crippen LogP contribution in [-0.4, -0.2) is 65.1 Å². The predicted octanol–water partition coefficient (Wildman–Crippen LogP) is 2.92. The second-order valence-electron chi connectivity index (χ2n) is 10.1. The van der Waals surface area contributed by atoms with Crippen molar-refractivity contribution < 1.29 is 28.2 Å². The molecule has 0 aromatic carbocycles. The summed E-state index contributed by atoms with van der Waals surface area (Å²) in [5.41, 5.74) is 1.91. The summed E-state index contributed by atoms with van der Waals surface area (Å²) in [5.74, 6) is 0.701. The van der Waals surface area contributed by atoms with Crippen LogP contribution in [0.3, 0.4) is 0 Å². The summed E-state index contributed by atoms with van der Waals surface area (Å²) in [4.78, 5) is 30.0. The van der Waals surface area contributed by atoms with E-state index in [4.69, 9.17) is 19.0 Å². The molecule has 2 bridgehead atoms. The summed E-state index contributed by atoms with van der Waals surface area (Å²) in [5, 5.41) is 10.7. The third-order valence-electron chi connectivity index (χ3n) is 7.84. The molecule has 7 rings (SSSR count). The molecule has 204 valence electrons. The van der Waals surface area contributed by atoms with Crippen LogP contribution in [0.15, 0.2) is 35.6 Å². The van der Waals surface area contributed by atoms with Crippen LogP contribution in [0.1, 0.15) is 36.9 Å². The van der Waals surface area contributed by atoms with E-state index in [0.717, 1.165) is 18.5 Å². The number of ether oxygens (including phenoxy) is 3. The summed E-state index contributed by atoms with van der Waals surface area (Å²) in [6.45, 7) is 0.976. The molecular weight excluding hydrogens is 507 g/mol. The number of rotatable bonds is 8. The highest BCUT2D eigenvalue weighted by molar-refractivity contribution is 5.97. The Morgan fingerprint density at radius 3 is 2.77 bits per heavy atom. The van der Waals surface area contributed by atoms with Gasteiger partial charge in [0, 0.05) is 30.1 Å². The van der Waals surface area contributed by atoms with Gasteiger partial charge in [-0.15, -0.1) is 0 Å². The van der Waals surface area contributed by atoms with Gasteiger partial charge in [0.25, 0.3) is 5.91 Å². The van der Waals surface area contributed by atoms with Crippen molar-refractivity contribution in [3.63, 3.8) is 0 Å². The van der Waals surface area contributed by atoms with Crippen molar-refractivity contribution in [2.24, 2.45) is 5.16 Å². The zero-order valence-electron chi connectivity index (χ0n) is 21.8. The molecule has 3 aliphatic heterocycles. The lowest BCUT2D eigenvalue weighted by molar-refractivity contribution is -0.125. The molecule has 12 heteroatoms. The van der Waals surface area contributed by atoms with Gasteiger partial charge in [-0.2, -0.15) is 0 Å². The van der Waals surface area contributed by atoms with Crippen molar-refractivity contribution in [1.29, 1.82) is 0 Å². The highest BCUT2D eigenvalue weighted by atomic mass is 19.1. The van der Waals surface area contributed by atoms with Gasteiger partial charge in [-0.25, -0.2) is 14.4 Å². The molecule has 0 spiro atoms. The van der Waals surface area contributed by atoms with E-state index in [1.165, 1.54) is 20.4 Å². The Hall–Kier alpha value is -3.90. The fourth-order valence-corrected chi connectivity index (χ4v) is 5.59. The molecule has 1 saturated carbocycles. The minimum atomic E-state index is -0.661. The summed E-state index contributed by atoms with van der Waals surface area (Å²) < 4.78 is 32.2. The molecule has 3 fully saturated rings. The number of nitrogens with one attached hydrogen (secondary N) is 2. The van der Waals surface area contributed by atoms with Gasteiger partial charge in [0.2, 0.25) is 5.88 Å². The maximum absolute atomic E-state index is 15.1. The van der Waals surface area contributed by atoms with Crippen LogP contribution < -0.4 is 20.1 Å². The second-order valence-corrected chi connectivity index (χ2v) is 10.1. The van der Waals surface area contributed by atoms with Crippen LogP contribution in [0, 0.1) is 5.82 Å². The maximum atomic E-state index is 15.1. The number of halogens is 1. The zero-order chi connectivity index (χ0) is 27.0. The van der Waals surface area contributed by atoms with Crippen molar-refractivity contribution in [2.75, 3.05) is 32.8 Å². The molecule has 6 heterocycles. The van der Waals surface area contributed by atoms with Gasteiger partial charge in [-0.1, -0.05) is 5.16 Å². The molecule has 0 atom stereocenters. The van der Waals surface area contributed by atoms with E-state index in [0.29, 0.717) is 65.7 Å². The average molecular weight is 537 g/mol. The number of carbonyl (C=O) groups is 1. The van der Waals surface area contributed by atoms with E-state index in [1.807, 2.05) is 12.1 Å². The Kier molecular flexibility index (Phi) is 6.51. The number of carbonyl (C=O) groups excluding carboxylic acids is 1. The van der Waals surface area contributed by atoms with Gasteiger partial charge in [0.1, 0.15) is 18.5 Å². The largest absolute Gasteiger partial charge is 0.481 e. The lowest BCUT2D eigenvalue weighted by Crippen LogP contribution is -2.64. The number of hydrogen-bond acceptors (Lipinski definition) is 10. The number of amides is 1. The molecule has 1 amide bonds. The first kappa shape index (κ1) is 25.4. The molecular formula is C27H29FN6O5. The summed E-state index contributed by atoms with van der Waals surface area (Å²) in [7, 11) is 3.00. The standard InChI is InChI=1S/C27H29FN6O5/c1-36-23-6-4-19-24(33-23)17(18(28)13-29-19)11-21(34-37-2)27-9-7-26(8-10-27,15-39-27)30-12-16-3-5-20-25(31-16)32-22(35)14-38-20/h3-6,13,30H,7-12,14-15H2,1-2H3,(H,31,32,35)/b34-21-. The number of oxime groups is 1. The minimum absolute atomic E-state index is 0.00241. The first-order valence-corrected chi connectivity index (χ1v) is 12.8. The highest BCUT2D eigenvalue weighted by Gasteiger charge is 2.52. The van der Waals surface area contributed by atoms with Crippen molar-refractivity contribution in [3.05, 3.63) is 47.5 Å². The third-order valence-corrected chi connectivity index (χ3v) is 7.84. The summed E-state index contributed by atoms with van der Waals surface area (Å²) >= 11 is 0. The first-order valence-electron chi connectivity index (χ1n) is 12.8. The quantitative estimate of drug-likeness (QED) is 0.330. The fraction of sp³-hybridized carbons (Fsp3) is 0.444.